The molecule has 3 heterocycles. The van der Waals surface area contributed by atoms with Crippen LogP contribution in [0, 0.1) is 0 Å². The fraction of sp³-hybridized carbons (Fsp3) is 0.375. The smallest absolute Gasteiger partial charge is 0.280 e. The van der Waals surface area contributed by atoms with Crippen LogP contribution >= 0.6 is 34.5 Å². The first-order chi connectivity index (χ1) is 11.1. The lowest BCUT2D eigenvalue weighted by atomic mass is 9.95. The van der Waals surface area contributed by atoms with E-state index in [4.69, 9.17) is 23.2 Å². The second-order valence-electron chi connectivity index (χ2n) is 6.05. The van der Waals surface area contributed by atoms with Crippen LogP contribution in [0.4, 0.5) is 0 Å². The molecule has 2 aliphatic heterocycles. The monoisotopic (exact) mass is 367 g/mol. The zero-order valence-corrected chi connectivity index (χ0v) is 14.5. The summed E-state index contributed by atoms with van der Waals surface area (Å²) in [6.07, 6.45) is 5.06. The second-order valence-corrected chi connectivity index (χ2v) is 7.95. The largest absolute Gasteiger partial charge is 0.346 e. The maximum absolute atomic E-state index is 12.4. The Labute approximate surface area is 148 Å². The van der Waals surface area contributed by atoms with Gasteiger partial charge in [0.15, 0.2) is 5.01 Å². The Kier molecular flexibility index (Phi) is 4.05. The van der Waals surface area contributed by atoms with Crippen molar-refractivity contribution >= 4 is 40.4 Å². The highest BCUT2D eigenvalue weighted by Gasteiger charge is 2.39. The zero-order chi connectivity index (χ0) is 16.0. The Bertz CT molecular complexity index is 743. The third kappa shape index (κ3) is 3.11. The van der Waals surface area contributed by atoms with Gasteiger partial charge in [0.25, 0.3) is 5.91 Å². The van der Waals surface area contributed by atoms with Crippen LogP contribution in [-0.2, 0) is 0 Å². The molecule has 1 amide bonds. The van der Waals surface area contributed by atoms with Crippen molar-refractivity contribution in [1.29, 1.82) is 0 Å². The second kappa shape index (κ2) is 6.06. The first-order valence-electron chi connectivity index (χ1n) is 7.58. The lowest BCUT2D eigenvalue weighted by Gasteiger charge is -2.20. The molecule has 0 radical (unpaired) electrons. The molecule has 1 aromatic carbocycles. The summed E-state index contributed by atoms with van der Waals surface area (Å²) < 4.78 is 0. The van der Waals surface area contributed by atoms with Gasteiger partial charge in [-0.25, -0.2) is 4.98 Å². The number of hydrogen-bond acceptors (Lipinski definition) is 4. The van der Waals surface area contributed by atoms with Crippen LogP contribution in [0.15, 0.2) is 24.4 Å². The Balaban J connectivity index is 1.50. The Morgan fingerprint density at radius 2 is 2.04 bits per heavy atom. The Morgan fingerprint density at radius 1 is 1.26 bits per heavy atom. The number of carbonyl (C=O) groups excluding carboxylic acids is 1. The number of aromatic nitrogens is 1. The zero-order valence-electron chi connectivity index (χ0n) is 12.2. The van der Waals surface area contributed by atoms with E-state index in [1.807, 2.05) is 12.1 Å². The van der Waals surface area contributed by atoms with Crippen molar-refractivity contribution in [3.63, 3.8) is 0 Å². The van der Waals surface area contributed by atoms with E-state index in [-0.39, 0.29) is 11.9 Å². The SMILES string of the molecule is O=C(N[C@@H]1C[C@H]2CC[C@@H]1N2)c1ncc(-c2cc(Cl)cc(Cl)c2)s1. The number of nitrogens with zero attached hydrogens (tertiary/aromatic N) is 1. The minimum absolute atomic E-state index is 0.103. The van der Waals surface area contributed by atoms with E-state index < -0.39 is 0 Å². The molecule has 2 N–H and O–H groups in total. The minimum atomic E-state index is -0.103. The normalized spacial score (nSPS) is 25.7. The summed E-state index contributed by atoms with van der Waals surface area (Å²) in [5.74, 6) is -0.103. The van der Waals surface area contributed by atoms with Crippen LogP contribution in [0.3, 0.4) is 0 Å². The van der Waals surface area contributed by atoms with Crippen molar-refractivity contribution in [1.82, 2.24) is 15.6 Å². The van der Waals surface area contributed by atoms with Gasteiger partial charge >= 0.3 is 0 Å². The maximum Gasteiger partial charge on any atom is 0.280 e. The van der Waals surface area contributed by atoms with E-state index in [0.29, 0.717) is 27.1 Å². The summed E-state index contributed by atoms with van der Waals surface area (Å²) in [4.78, 5) is 17.5. The van der Waals surface area contributed by atoms with Gasteiger partial charge in [0, 0.05) is 34.4 Å². The number of halogens is 2. The number of fused-ring (bicyclic) bond motifs is 2. The standard InChI is InChI=1S/C16H15Cl2N3OS/c17-9-3-8(4-10(18)5-9)14-7-19-16(23-14)15(22)21-13-6-11-1-2-12(13)20-11/h3-5,7,11-13,20H,1-2,6H2,(H,21,22)/t11-,12+,13-/m1/s1. The fourth-order valence-electron chi connectivity index (χ4n) is 3.42. The molecule has 0 unspecified atom stereocenters. The molecule has 120 valence electrons. The van der Waals surface area contributed by atoms with Gasteiger partial charge in [0.2, 0.25) is 0 Å². The highest BCUT2D eigenvalue weighted by atomic mass is 35.5. The number of nitrogens with one attached hydrogen (secondary N) is 2. The van der Waals surface area contributed by atoms with E-state index in [1.54, 1.807) is 12.3 Å². The van der Waals surface area contributed by atoms with E-state index in [9.17, 15) is 4.79 Å². The van der Waals surface area contributed by atoms with Crippen LogP contribution in [0.1, 0.15) is 29.1 Å². The highest BCUT2D eigenvalue weighted by molar-refractivity contribution is 7.17. The van der Waals surface area contributed by atoms with Gasteiger partial charge in [-0.05, 0) is 43.0 Å². The predicted octanol–water partition coefficient (Wildman–Crippen LogP) is 3.74. The fourth-order valence-corrected chi connectivity index (χ4v) is 4.75. The summed E-state index contributed by atoms with van der Waals surface area (Å²) in [5.41, 5.74) is 0.876. The molecule has 2 saturated heterocycles. The van der Waals surface area contributed by atoms with E-state index >= 15 is 0 Å². The molecule has 23 heavy (non-hydrogen) atoms. The Morgan fingerprint density at radius 3 is 2.70 bits per heavy atom. The predicted molar refractivity (Wildman–Crippen MR) is 93.4 cm³/mol. The molecule has 0 aliphatic carbocycles. The molecule has 2 aliphatic rings. The maximum atomic E-state index is 12.4. The molecule has 2 fully saturated rings. The topological polar surface area (TPSA) is 54.0 Å². The molecule has 0 saturated carbocycles. The van der Waals surface area contributed by atoms with E-state index in [0.717, 1.165) is 23.3 Å². The van der Waals surface area contributed by atoms with Crippen molar-refractivity contribution in [3.8, 4) is 10.4 Å². The third-order valence-electron chi connectivity index (χ3n) is 4.46. The lowest BCUT2D eigenvalue weighted by molar-refractivity contribution is 0.0930. The van der Waals surface area contributed by atoms with Gasteiger partial charge in [0.1, 0.15) is 0 Å². The number of thiazole rings is 1. The molecule has 2 aromatic rings. The van der Waals surface area contributed by atoms with Gasteiger partial charge in [0.05, 0.1) is 4.88 Å². The molecule has 1 aromatic heterocycles. The summed E-state index contributed by atoms with van der Waals surface area (Å²) in [6, 6.07) is 6.52. The molecule has 4 nitrogen and oxygen atoms in total. The van der Waals surface area contributed by atoms with Crippen LogP contribution < -0.4 is 10.6 Å². The number of rotatable bonds is 3. The first-order valence-corrected chi connectivity index (χ1v) is 9.15. The number of benzene rings is 1. The van der Waals surface area contributed by atoms with Crippen molar-refractivity contribution < 1.29 is 4.79 Å². The molecule has 0 spiro atoms. The number of amides is 1. The van der Waals surface area contributed by atoms with Gasteiger partial charge in [-0.2, -0.15) is 0 Å². The van der Waals surface area contributed by atoms with Crippen LogP contribution in [0.25, 0.3) is 10.4 Å². The lowest BCUT2D eigenvalue weighted by Crippen LogP contribution is -2.42. The average molecular weight is 368 g/mol. The van der Waals surface area contributed by atoms with E-state index in [1.165, 1.54) is 17.8 Å². The van der Waals surface area contributed by atoms with Crippen molar-refractivity contribution in [2.45, 2.75) is 37.4 Å². The van der Waals surface area contributed by atoms with Crippen molar-refractivity contribution in [2.75, 3.05) is 0 Å². The average Bonchev–Trinajstić information content (AvgIpc) is 3.22. The summed E-state index contributed by atoms with van der Waals surface area (Å²) in [5, 5.41) is 8.24. The Hall–Kier alpha value is -1.14. The molecular formula is C16H15Cl2N3OS. The summed E-state index contributed by atoms with van der Waals surface area (Å²) in [7, 11) is 0. The quantitative estimate of drug-likeness (QED) is 0.868. The van der Waals surface area contributed by atoms with Crippen molar-refractivity contribution in [3.05, 3.63) is 39.4 Å². The summed E-state index contributed by atoms with van der Waals surface area (Å²) >= 11 is 13.4. The van der Waals surface area contributed by atoms with Gasteiger partial charge in [-0.1, -0.05) is 23.2 Å². The molecular weight excluding hydrogens is 353 g/mol. The van der Waals surface area contributed by atoms with Crippen LogP contribution in [0.2, 0.25) is 10.0 Å². The van der Waals surface area contributed by atoms with Crippen LogP contribution in [0.5, 0.6) is 0 Å². The summed E-state index contributed by atoms with van der Waals surface area (Å²) in [6.45, 7) is 0. The van der Waals surface area contributed by atoms with Crippen LogP contribution in [-0.4, -0.2) is 29.0 Å². The van der Waals surface area contributed by atoms with E-state index in [2.05, 4.69) is 15.6 Å². The van der Waals surface area contributed by atoms with Gasteiger partial charge < -0.3 is 10.6 Å². The third-order valence-corrected chi connectivity index (χ3v) is 5.95. The van der Waals surface area contributed by atoms with Gasteiger partial charge in [-0.3, -0.25) is 4.79 Å². The highest BCUT2D eigenvalue weighted by Crippen LogP contribution is 2.32. The number of carbonyl (C=O) groups is 1. The molecule has 7 heteroatoms. The first kappa shape index (κ1) is 15.4. The molecule has 2 bridgehead atoms. The van der Waals surface area contributed by atoms with Gasteiger partial charge in [-0.15, -0.1) is 11.3 Å². The molecule has 4 rings (SSSR count). The van der Waals surface area contributed by atoms with Crippen molar-refractivity contribution in [2.24, 2.45) is 0 Å². The molecule has 3 atom stereocenters. The minimum Gasteiger partial charge on any atom is -0.346 e. The number of hydrogen-bond donors (Lipinski definition) is 2.